The van der Waals surface area contributed by atoms with Crippen LogP contribution in [0.1, 0.15) is 44.1 Å². The minimum Gasteiger partial charge on any atom is -0.475 e. The molecule has 53 heavy (non-hydrogen) atoms. The Labute approximate surface area is 301 Å². The number of para-hydroxylation sites is 1. The fraction of sp³-hybridized carbons (Fsp3) is 0.444. The fourth-order valence-corrected chi connectivity index (χ4v) is 6.84. The van der Waals surface area contributed by atoms with Crippen molar-refractivity contribution in [2.24, 2.45) is 5.73 Å². The lowest BCUT2D eigenvalue weighted by Crippen LogP contribution is -2.56. The highest BCUT2D eigenvalue weighted by Gasteiger charge is 2.54. The number of halogens is 6. The summed E-state index contributed by atoms with van der Waals surface area (Å²) in [5, 5.41) is 19.9. The summed E-state index contributed by atoms with van der Waals surface area (Å²) in [5.74, 6) is -5.55. The molecule has 2 heterocycles. The third-order valence-electron chi connectivity index (χ3n) is 9.52. The number of carbonyl (C=O) groups excluding carboxylic acids is 2. The minimum atomic E-state index is -5.08. The van der Waals surface area contributed by atoms with Crippen molar-refractivity contribution in [1.82, 2.24) is 15.1 Å². The van der Waals surface area contributed by atoms with E-state index in [0.717, 1.165) is 63.8 Å². The number of carbonyl (C=O) groups is 4. The first-order valence-corrected chi connectivity index (χ1v) is 16.9. The number of carboxylic acids is 2. The molecule has 0 aromatic heterocycles. The molecule has 2 amide bonds. The second-order valence-corrected chi connectivity index (χ2v) is 13.1. The van der Waals surface area contributed by atoms with Crippen LogP contribution >= 0.6 is 0 Å². The molecule has 1 spiro atoms. The van der Waals surface area contributed by atoms with E-state index in [1.54, 1.807) is 4.90 Å². The Hall–Kier alpha value is -4.90. The van der Waals surface area contributed by atoms with Gasteiger partial charge in [-0.05, 0) is 54.2 Å². The number of hydrogen-bond donors (Lipinski definition) is 4. The van der Waals surface area contributed by atoms with Gasteiger partial charge in [-0.3, -0.25) is 14.5 Å². The largest absolute Gasteiger partial charge is 0.490 e. The Morgan fingerprint density at radius 2 is 1.36 bits per heavy atom. The van der Waals surface area contributed by atoms with Crippen molar-refractivity contribution < 1.29 is 55.7 Å². The predicted octanol–water partition coefficient (Wildman–Crippen LogP) is 5.13. The van der Waals surface area contributed by atoms with E-state index in [2.05, 4.69) is 69.7 Å². The molecule has 5 N–H and O–H groups in total. The molecule has 6 rings (SSSR count). The monoisotopic (exact) mass is 753 g/mol. The van der Waals surface area contributed by atoms with Crippen LogP contribution in [0.4, 0.5) is 32.0 Å². The first-order chi connectivity index (χ1) is 24.9. The van der Waals surface area contributed by atoms with Crippen LogP contribution in [0.15, 0.2) is 72.8 Å². The summed E-state index contributed by atoms with van der Waals surface area (Å²) in [6.07, 6.45) is -4.65. The Morgan fingerprint density at radius 1 is 0.811 bits per heavy atom. The Balaban J connectivity index is 0.000000381. The standard InChI is InChI=1S/C32H39N5O2.2C2HF3O2/c33-28-15-6-7-16-29(28)34-30(38)22-36-23-37(26-12-2-1-3-13-26)32(31(36)39)17-19-35(20-18-32)21-25-11-8-10-24-9-4-5-14-27(24)25;2*3-2(4,5)1(6)7/h1-5,8-14,28-29H,6-7,15-23,33H2,(H,34,38);2*(H,6,7). The summed E-state index contributed by atoms with van der Waals surface area (Å²) >= 11 is 0. The molecular formula is C36H41F6N5O6. The zero-order chi connectivity index (χ0) is 39.0. The third-order valence-corrected chi connectivity index (χ3v) is 9.52. The van der Waals surface area contributed by atoms with Crippen LogP contribution in [0.2, 0.25) is 0 Å². The van der Waals surface area contributed by atoms with Crippen LogP contribution in [0.25, 0.3) is 10.8 Å². The van der Waals surface area contributed by atoms with Gasteiger partial charge in [-0.1, -0.05) is 73.5 Å². The van der Waals surface area contributed by atoms with Crippen LogP contribution in [0, 0.1) is 0 Å². The van der Waals surface area contributed by atoms with Crippen LogP contribution < -0.4 is 16.0 Å². The number of anilines is 1. The van der Waals surface area contributed by atoms with Crippen molar-refractivity contribution in [1.29, 1.82) is 0 Å². The van der Waals surface area contributed by atoms with Gasteiger partial charge in [0.05, 0.1) is 6.67 Å². The molecule has 11 nitrogen and oxygen atoms in total. The number of nitrogens with two attached hydrogens (primary N) is 1. The zero-order valence-corrected chi connectivity index (χ0v) is 28.6. The van der Waals surface area contributed by atoms with Crippen molar-refractivity contribution in [2.45, 2.75) is 75.0 Å². The highest BCUT2D eigenvalue weighted by atomic mass is 19.4. The molecule has 3 aromatic rings. The van der Waals surface area contributed by atoms with Gasteiger partial charge in [-0.2, -0.15) is 26.3 Å². The molecule has 3 fully saturated rings. The van der Waals surface area contributed by atoms with Gasteiger partial charge >= 0.3 is 24.3 Å². The first-order valence-electron chi connectivity index (χ1n) is 16.9. The number of rotatable bonds is 6. The maximum absolute atomic E-state index is 14.1. The van der Waals surface area contributed by atoms with E-state index in [1.807, 2.05) is 18.2 Å². The van der Waals surface area contributed by atoms with E-state index in [1.165, 1.54) is 16.3 Å². The van der Waals surface area contributed by atoms with Crippen molar-refractivity contribution in [3.8, 4) is 0 Å². The average molecular weight is 754 g/mol. The zero-order valence-electron chi connectivity index (χ0n) is 28.6. The third kappa shape index (κ3) is 10.6. The molecule has 3 aromatic carbocycles. The van der Waals surface area contributed by atoms with Crippen LogP contribution in [0.3, 0.4) is 0 Å². The van der Waals surface area contributed by atoms with E-state index in [9.17, 15) is 35.9 Å². The second kappa shape index (κ2) is 17.3. The lowest BCUT2D eigenvalue weighted by atomic mass is 9.85. The van der Waals surface area contributed by atoms with E-state index < -0.39 is 29.8 Å². The molecule has 1 aliphatic carbocycles. The molecule has 17 heteroatoms. The van der Waals surface area contributed by atoms with Gasteiger partial charge in [0.2, 0.25) is 11.8 Å². The van der Waals surface area contributed by atoms with Crippen LogP contribution in [-0.2, 0) is 25.7 Å². The van der Waals surface area contributed by atoms with E-state index in [4.69, 9.17) is 25.5 Å². The fourth-order valence-electron chi connectivity index (χ4n) is 6.84. The molecule has 2 saturated heterocycles. The summed E-state index contributed by atoms with van der Waals surface area (Å²) in [6, 6.07) is 25.2. The van der Waals surface area contributed by atoms with E-state index >= 15 is 0 Å². The van der Waals surface area contributed by atoms with Gasteiger partial charge < -0.3 is 31.1 Å². The van der Waals surface area contributed by atoms with Gasteiger partial charge in [0, 0.05) is 37.4 Å². The normalized spacial score (nSPS) is 20.2. The molecule has 3 aliphatic rings. The number of fused-ring (bicyclic) bond motifs is 1. The van der Waals surface area contributed by atoms with Gasteiger partial charge in [0.25, 0.3) is 0 Å². The molecule has 288 valence electrons. The van der Waals surface area contributed by atoms with E-state index in [-0.39, 0.29) is 30.4 Å². The minimum absolute atomic E-state index is 0.000415. The quantitative estimate of drug-likeness (QED) is 0.251. The van der Waals surface area contributed by atoms with Gasteiger partial charge in [-0.25, -0.2) is 9.59 Å². The topological polar surface area (TPSA) is 157 Å². The lowest BCUT2D eigenvalue weighted by Gasteiger charge is -2.43. The number of hydrogen-bond acceptors (Lipinski definition) is 7. The smallest absolute Gasteiger partial charge is 0.475 e. The Morgan fingerprint density at radius 3 is 1.94 bits per heavy atom. The van der Waals surface area contributed by atoms with Gasteiger partial charge in [0.15, 0.2) is 0 Å². The Kier molecular flexibility index (Phi) is 13.3. The molecule has 0 bridgehead atoms. The summed E-state index contributed by atoms with van der Waals surface area (Å²) in [7, 11) is 0. The number of piperidine rings is 1. The Bertz CT molecular complexity index is 1700. The van der Waals surface area contributed by atoms with Gasteiger partial charge in [0.1, 0.15) is 12.1 Å². The van der Waals surface area contributed by atoms with Crippen molar-refractivity contribution in [2.75, 3.05) is 31.2 Å². The average Bonchev–Trinajstić information content (AvgIpc) is 3.36. The molecule has 0 radical (unpaired) electrons. The number of alkyl halides is 6. The number of benzene rings is 3. The molecule has 2 aliphatic heterocycles. The molecule has 2 unspecified atom stereocenters. The first kappa shape index (κ1) is 40.9. The van der Waals surface area contributed by atoms with Gasteiger partial charge in [-0.15, -0.1) is 0 Å². The maximum atomic E-state index is 14.1. The van der Waals surface area contributed by atoms with Crippen molar-refractivity contribution in [3.05, 3.63) is 78.4 Å². The predicted molar refractivity (Wildman–Crippen MR) is 182 cm³/mol. The number of nitrogens with one attached hydrogen (secondary N) is 1. The highest BCUT2D eigenvalue weighted by Crippen LogP contribution is 2.40. The molecular weight excluding hydrogens is 712 g/mol. The summed E-state index contributed by atoms with van der Waals surface area (Å²) < 4.78 is 63.5. The second-order valence-electron chi connectivity index (χ2n) is 13.1. The number of nitrogens with zero attached hydrogens (tertiary/aromatic N) is 3. The van der Waals surface area contributed by atoms with Crippen molar-refractivity contribution in [3.63, 3.8) is 0 Å². The number of aliphatic carboxylic acids is 2. The van der Waals surface area contributed by atoms with Crippen LogP contribution in [-0.4, -0.2) is 100 Å². The van der Waals surface area contributed by atoms with E-state index in [0.29, 0.717) is 6.67 Å². The molecule has 1 saturated carbocycles. The summed E-state index contributed by atoms with van der Waals surface area (Å²) in [5.41, 5.74) is 7.99. The highest BCUT2D eigenvalue weighted by molar-refractivity contribution is 5.96. The van der Waals surface area contributed by atoms with Crippen molar-refractivity contribution >= 4 is 40.2 Å². The van der Waals surface area contributed by atoms with Crippen LogP contribution in [0.5, 0.6) is 0 Å². The SMILES string of the molecule is NC1CCCCC1NC(=O)CN1CN(c2ccccc2)C2(CCN(Cc3cccc4ccccc34)CC2)C1=O.O=C(O)C(F)(F)F.O=C(O)C(F)(F)F. The lowest BCUT2D eigenvalue weighted by molar-refractivity contribution is -0.193. The summed E-state index contributed by atoms with van der Waals surface area (Å²) in [4.78, 5) is 51.3. The number of carboxylic acid groups (broad SMARTS) is 2. The summed E-state index contributed by atoms with van der Waals surface area (Å²) in [6.45, 7) is 3.03. The number of amides is 2. The molecule has 2 atom stereocenters. The number of likely N-dealkylation sites (tertiary alicyclic amines) is 1. The maximum Gasteiger partial charge on any atom is 0.490 e.